The molecule has 8 nitrogen and oxygen atoms in total. The predicted octanol–water partition coefficient (Wildman–Crippen LogP) is 3.11. The first-order chi connectivity index (χ1) is 18.2. The second-order valence-electron chi connectivity index (χ2n) is 11.2. The van der Waals surface area contributed by atoms with Gasteiger partial charge in [-0.25, -0.2) is 4.98 Å². The Morgan fingerprint density at radius 2 is 2.05 bits per heavy atom. The normalized spacial score (nSPS) is 34.5. The van der Waals surface area contributed by atoms with Crippen molar-refractivity contribution in [3.8, 4) is 5.75 Å². The molecule has 4 unspecified atom stereocenters. The van der Waals surface area contributed by atoms with Crippen LogP contribution in [0, 0.1) is 17.8 Å². The van der Waals surface area contributed by atoms with Crippen LogP contribution in [0.1, 0.15) is 36.8 Å². The van der Waals surface area contributed by atoms with Gasteiger partial charge >= 0.3 is 0 Å². The smallest absolute Gasteiger partial charge is 0.235 e. The summed E-state index contributed by atoms with van der Waals surface area (Å²) in [5, 5.41) is 3.13. The Morgan fingerprint density at radius 1 is 1.16 bits per heavy atom. The van der Waals surface area contributed by atoms with Gasteiger partial charge in [-0.1, -0.05) is 12.2 Å². The summed E-state index contributed by atoms with van der Waals surface area (Å²) in [5.41, 5.74) is 9.98. The van der Waals surface area contributed by atoms with Crippen molar-refractivity contribution in [1.82, 2.24) is 15.8 Å². The summed E-state index contributed by atoms with van der Waals surface area (Å²) in [6.07, 6.45) is 10.8. The zero-order chi connectivity index (χ0) is 25.0. The number of carbonyl (C=O) groups is 1. The molecule has 2 saturated carbocycles. The predicted molar refractivity (Wildman–Crippen MR) is 142 cm³/mol. The lowest BCUT2D eigenvalue weighted by Gasteiger charge is -2.33. The number of benzene rings is 1. The highest BCUT2D eigenvalue weighted by Crippen LogP contribution is 2.65. The monoisotopic (exact) mass is 501 g/mol. The van der Waals surface area contributed by atoms with E-state index in [9.17, 15) is 4.79 Å². The number of anilines is 2. The van der Waals surface area contributed by atoms with E-state index in [0.717, 1.165) is 73.9 Å². The van der Waals surface area contributed by atoms with E-state index >= 15 is 0 Å². The molecule has 0 radical (unpaired) electrons. The Kier molecular flexibility index (Phi) is 5.71. The van der Waals surface area contributed by atoms with E-state index in [2.05, 4.69) is 56.4 Å². The number of morpholine rings is 1. The zero-order valence-corrected chi connectivity index (χ0v) is 21.3. The molecule has 1 amide bonds. The molecule has 2 saturated heterocycles. The van der Waals surface area contributed by atoms with Gasteiger partial charge in [0.15, 0.2) is 0 Å². The second-order valence-corrected chi connectivity index (χ2v) is 11.2. The fourth-order valence-electron chi connectivity index (χ4n) is 7.29. The summed E-state index contributed by atoms with van der Waals surface area (Å²) in [6.45, 7) is 3.34. The highest BCUT2D eigenvalue weighted by molar-refractivity contribution is 6.09. The molecule has 8 heteroatoms. The van der Waals surface area contributed by atoms with Gasteiger partial charge in [0.05, 0.1) is 25.7 Å². The SMILES string of the molecule is COc1ccc2c(c1)[C@]1(C[C@H]1C1CCC3C(/C=C/c4ccc(N5CCOCC5)nc4)NNC3C1)C(=O)N2. The Morgan fingerprint density at radius 3 is 2.86 bits per heavy atom. The average molecular weight is 502 g/mol. The number of amides is 1. The van der Waals surface area contributed by atoms with Crippen LogP contribution in [0.5, 0.6) is 5.75 Å². The molecular weight excluding hydrogens is 466 g/mol. The fraction of sp³-hybridized carbons (Fsp3) is 0.517. The molecule has 1 aromatic heterocycles. The van der Waals surface area contributed by atoms with Gasteiger partial charge in [0, 0.05) is 37.1 Å². The maximum absolute atomic E-state index is 13.1. The summed E-state index contributed by atoms with van der Waals surface area (Å²) in [7, 11) is 1.69. The molecule has 1 spiro atoms. The summed E-state index contributed by atoms with van der Waals surface area (Å²) < 4.78 is 10.9. The third-order valence-electron chi connectivity index (χ3n) is 9.39. The van der Waals surface area contributed by atoms with Crippen LogP contribution in [-0.2, 0) is 14.9 Å². The number of ether oxygens (including phenoxy) is 2. The number of aromatic nitrogens is 1. The van der Waals surface area contributed by atoms with Gasteiger partial charge in [-0.3, -0.25) is 15.6 Å². The highest BCUT2D eigenvalue weighted by atomic mass is 16.5. The summed E-state index contributed by atoms with van der Waals surface area (Å²) >= 11 is 0. The average Bonchev–Trinajstić information content (AvgIpc) is 3.49. The maximum Gasteiger partial charge on any atom is 0.235 e. The standard InChI is InChI=1S/C29H35N5O3/c1-36-20-5-8-25-22(15-20)29(28(35)31-25)16-23(29)19-4-6-21-24(32-33-26(21)14-19)7-2-18-3-9-27(30-17-18)34-10-12-37-13-11-34/h2-3,5,7-9,15,17,19,21,23-24,26,32-33H,4,6,10-14,16H2,1H3,(H,31,35)/b7-2+/t19?,21?,23-,24?,26?,29-/m0/s1. The van der Waals surface area contributed by atoms with Gasteiger partial charge in [0.1, 0.15) is 11.6 Å². The molecule has 2 aliphatic carbocycles. The zero-order valence-electron chi connectivity index (χ0n) is 21.3. The van der Waals surface area contributed by atoms with Crippen molar-refractivity contribution in [3.63, 3.8) is 0 Å². The second kappa shape index (κ2) is 9.11. The molecule has 7 rings (SSSR count). The number of pyridine rings is 1. The molecule has 4 heterocycles. The van der Waals surface area contributed by atoms with E-state index in [0.29, 0.717) is 29.8 Å². The number of carbonyl (C=O) groups excluding carboxylic acids is 1. The lowest BCUT2D eigenvalue weighted by molar-refractivity contribution is -0.118. The highest BCUT2D eigenvalue weighted by Gasteiger charge is 2.67. The molecule has 4 fully saturated rings. The van der Waals surface area contributed by atoms with E-state index in [1.54, 1.807) is 7.11 Å². The lowest BCUT2D eigenvalue weighted by Crippen LogP contribution is -2.37. The Labute approximate surface area is 217 Å². The minimum Gasteiger partial charge on any atom is -0.497 e. The molecule has 37 heavy (non-hydrogen) atoms. The number of rotatable bonds is 5. The van der Waals surface area contributed by atoms with Crippen LogP contribution in [0.25, 0.3) is 6.08 Å². The molecule has 1 aromatic carbocycles. The van der Waals surface area contributed by atoms with Gasteiger partial charge in [-0.2, -0.15) is 0 Å². The first kappa shape index (κ1) is 23.2. The molecule has 0 bridgehead atoms. The van der Waals surface area contributed by atoms with E-state index in [4.69, 9.17) is 9.47 Å². The van der Waals surface area contributed by atoms with Crippen LogP contribution in [-0.4, -0.2) is 56.4 Å². The van der Waals surface area contributed by atoms with Crippen molar-refractivity contribution in [2.75, 3.05) is 43.6 Å². The van der Waals surface area contributed by atoms with Crippen molar-refractivity contribution in [3.05, 3.63) is 53.7 Å². The van der Waals surface area contributed by atoms with Crippen molar-refractivity contribution >= 4 is 23.5 Å². The quantitative estimate of drug-likeness (QED) is 0.580. The van der Waals surface area contributed by atoms with E-state index in [1.165, 1.54) is 6.42 Å². The number of methoxy groups -OCH3 is 1. The number of nitrogens with one attached hydrogen (secondary N) is 3. The number of hydrogen-bond acceptors (Lipinski definition) is 7. The third kappa shape index (κ3) is 3.93. The first-order valence-corrected chi connectivity index (χ1v) is 13.6. The number of hydrogen-bond donors (Lipinski definition) is 3. The number of hydrazine groups is 1. The van der Waals surface area contributed by atoms with Crippen molar-refractivity contribution < 1.29 is 14.3 Å². The molecule has 5 aliphatic rings. The Balaban J connectivity index is 0.988. The topological polar surface area (TPSA) is 87.8 Å². The molecule has 194 valence electrons. The van der Waals surface area contributed by atoms with Crippen LogP contribution in [0.3, 0.4) is 0 Å². The van der Waals surface area contributed by atoms with Crippen molar-refractivity contribution in [1.29, 1.82) is 0 Å². The first-order valence-electron chi connectivity index (χ1n) is 13.6. The van der Waals surface area contributed by atoms with Crippen LogP contribution in [0.4, 0.5) is 11.5 Å². The van der Waals surface area contributed by atoms with Gasteiger partial charge in [-0.05, 0) is 84.9 Å². The van der Waals surface area contributed by atoms with E-state index < -0.39 is 0 Å². The van der Waals surface area contributed by atoms with Crippen molar-refractivity contribution in [2.24, 2.45) is 17.8 Å². The largest absolute Gasteiger partial charge is 0.497 e. The minimum absolute atomic E-state index is 0.175. The minimum atomic E-state index is -0.354. The number of fused-ring (bicyclic) bond motifs is 3. The van der Waals surface area contributed by atoms with Gasteiger partial charge in [0.25, 0.3) is 0 Å². The molecule has 3 N–H and O–H groups in total. The molecule has 6 atom stereocenters. The van der Waals surface area contributed by atoms with Crippen LogP contribution < -0.4 is 25.8 Å². The fourth-order valence-corrected chi connectivity index (χ4v) is 7.29. The van der Waals surface area contributed by atoms with Crippen LogP contribution in [0.15, 0.2) is 42.6 Å². The summed E-state index contributed by atoms with van der Waals surface area (Å²) in [4.78, 5) is 20.0. The number of nitrogens with zero attached hydrogens (tertiary/aromatic N) is 2. The van der Waals surface area contributed by atoms with Gasteiger partial charge < -0.3 is 19.7 Å². The maximum atomic E-state index is 13.1. The summed E-state index contributed by atoms with van der Waals surface area (Å²) in [6, 6.07) is 11.0. The third-order valence-corrected chi connectivity index (χ3v) is 9.39. The molecular formula is C29H35N5O3. The molecule has 3 aliphatic heterocycles. The van der Waals surface area contributed by atoms with Crippen LogP contribution >= 0.6 is 0 Å². The Hall–Kier alpha value is -2.94. The van der Waals surface area contributed by atoms with Crippen LogP contribution in [0.2, 0.25) is 0 Å². The molecule has 2 aromatic rings. The van der Waals surface area contributed by atoms with E-state index in [-0.39, 0.29) is 11.3 Å². The van der Waals surface area contributed by atoms with Crippen molar-refractivity contribution in [2.45, 2.75) is 43.2 Å². The summed E-state index contributed by atoms with van der Waals surface area (Å²) in [5.74, 6) is 3.55. The van der Waals surface area contributed by atoms with Gasteiger partial charge in [-0.15, -0.1) is 0 Å². The Bertz CT molecular complexity index is 1210. The van der Waals surface area contributed by atoms with E-state index in [1.807, 2.05) is 18.3 Å². The van der Waals surface area contributed by atoms with Gasteiger partial charge in [0.2, 0.25) is 5.91 Å². The lowest BCUT2D eigenvalue weighted by atomic mass is 9.73.